The molecule has 5 rings (SSSR count). The monoisotopic (exact) mass is 430 g/mol. The van der Waals surface area contributed by atoms with Gasteiger partial charge in [0.2, 0.25) is 11.8 Å². The minimum atomic E-state index is -1.62. The van der Waals surface area contributed by atoms with Crippen LogP contribution in [0.3, 0.4) is 0 Å². The van der Waals surface area contributed by atoms with Gasteiger partial charge in [-0.15, -0.1) is 0 Å². The standard InChI is InChI=1S/C25H22N2O5/c1-2-25(24(31)32)20-19(21(26-25)16-11-5-6-13-18(16)28)22(29)27(23(20)30)17-12-7-9-14-8-3-4-10-15(14)17/h3-13,19-21,26,28H,2H2,1H3,(H,31,32)/t19-,20+,21-,25+/m0/s1. The molecule has 2 amide bonds. The van der Waals surface area contributed by atoms with Gasteiger partial charge in [0.25, 0.3) is 0 Å². The van der Waals surface area contributed by atoms with E-state index in [0.717, 1.165) is 15.7 Å². The molecule has 2 saturated heterocycles. The van der Waals surface area contributed by atoms with E-state index in [2.05, 4.69) is 5.32 Å². The lowest BCUT2D eigenvalue weighted by Crippen LogP contribution is -2.55. The largest absolute Gasteiger partial charge is 0.508 e. The fourth-order valence-electron chi connectivity index (χ4n) is 5.33. The van der Waals surface area contributed by atoms with Crippen molar-refractivity contribution in [3.8, 4) is 5.75 Å². The molecular formula is C25H22N2O5. The first-order valence-corrected chi connectivity index (χ1v) is 10.5. The number of nitrogens with one attached hydrogen (secondary N) is 1. The van der Waals surface area contributed by atoms with Gasteiger partial charge < -0.3 is 10.2 Å². The smallest absolute Gasteiger partial charge is 0.324 e. The molecule has 3 aromatic carbocycles. The van der Waals surface area contributed by atoms with Crippen LogP contribution in [0.15, 0.2) is 66.7 Å². The minimum absolute atomic E-state index is 0.0510. The normalized spacial score (nSPS) is 27.2. The van der Waals surface area contributed by atoms with Crippen LogP contribution in [0.25, 0.3) is 10.8 Å². The third-order valence-corrected chi connectivity index (χ3v) is 6.87. The predicted octanol–water partition coefficient (Wildman–Crippen LogP) is 3.23. The Morgan fingerprint density at radius 2 is 1.69 bits per heavy atom. The highest BCUT2D eigenvalue weighted by atomic mass is 16.4. The number of phenolic OH excluding ortho intramolecular Hbond substituents is 1. The molecule has 4 atom stereocenters. The number of aromatic hydroxyl groups is 1. The lowest BCUT2D eigenvalue weighted by atomic mass is 9.78. The lowest BCUT2D eigenvalue weighted by Gasteiger charge is -2.30. The zero-order valence-electron chi connectivity index (χ0n) is 17.4. The first kappa shape index (κ1) is 20.2. The first-order chi connectivity index (χ1) is 15.4. The van der Waals surface area contributed by atoms with Gasteiger partial charge in [-0.3, -0.25) is 19.7 Å². The second-order valence-corrected chi connectivity index (χ2v) is 8.32. The Balaban J connectivity index is 1.70. The van der Waals surface area contributed by atoms with Crippen molar-refractivity contribution < 1.29 is 24.6 Å². The summed E-state index contributed by atoms with van der Waals surface area (Å²) < 4.78 is 0. The Labute approximate surface area is 184 Å². The van der Waals surface area contributed by atoms with Crippen molar-refractivity contribution in [3.05, 3.63) is 72.3 Å². The Hall–Kier alpha value is -3.71. The quantitative estimate of drug-likeness (QED) is 0.549. The van der Waals surface area contributed by atoms with Crippen LogP contribution < -0.4 is 10.2 Å². The third kappa shape index (κ3) is 2.61. The van der Waals surface area contributed by atoms with Crippen LogP contribution in [0.4, 0.5) is 5.69 Å². The van der Waals surface area contributed by atoms with Crippen LogP contribution in [0, 0.1) is 11.8 Å². The van der Waals surface area contributed by atoms with Crippen molar-refractivity contribution in [2.75, 3.05) is 4.90 Å². The number of phenols is 1. The maximum atomic E-state index is 13.8. The number of para-hydroxylation sites is 1. The Kier molecular flexibility index (Phi) is 4.53. The molecule has 0 saturated carbocycles. The molecule has 7 nitrogen and oxygen atoms in total. The predicted molar refractivity (Wildman–Crippen MR) is 118 cm³/mol. The van der Waals surface area contributed by atoms with Crippen LogP contribution in [0.2, 0.25) is 0 Å². The SMILES string of the molecule is CC[C@@]1(C(=O)O)N[C@@H](c2ccccc2O)[C@H]2C(=O)N(c3cccc4ccccc34)C(=O)[C@@H]21. The number of anilines is 1. The average molecular weight is 430 g/mol. The van der Waals surface area contributed by atoms with E-state index >= 15 is 0 Å². The number of carbonyl (C=O) groups excluding carboxylic acids is 2. The van der Waals surface area contributed by atoms with Gasteiger partial charge in [-0.2, -0.15) is 0 Å². The Morgan fingerprint density at radius 3 is 2.41 bits per heavy atom. The van der Waals surface area contributed by atoms with Crippen molar-refractivity contribution in [2.24, 2.45) is 11.8 Å². The number of aliphatic carboxylic acids is 1. The molecule has 0 bridgehead atoms. The number of benzene rings is 3. The zero-order chi connectivity index (χ0) is 22.6. The zero-order valence-corrected chi connectivity index (χ0v) is 17.4. The molecule has 162 valence electrons. The second kappa shape index (κ2) is 7.17. The van der Waals surface area contributed by atoms with E-state index in [-0.39, 0.29) is 12.2 Å². The molecule has 3 N–H and O–H groups in total. The summed E-state index contributed by atoms with van der Waals surface area (Å²) in [6, 6.07) is 18.5. The van der Waals surface area contributed by atoms with Gasteiger partial charge in [0.05, 0.1) is 17.5 Å². The topological polar surface area (TPSA) is 107 Å². The van der Waals surface area contributed by atoms with Crippen molar-refractivity contribution in [2.45, 2.75) is 24.9 Å². The highest BCUT2D eigenvalue weighted by Crippen LogP contribution is 2.52. The van der Waals surface area contributed by atoms with Crippen molar-refractivity contribution in [3.63, 3.8) is 0 Å². The summed E-state index contributed by atoms with van der Waals surface area (Å²) in [6.07, 6.45) is 0.107. The van der Waals surface area contributed by atoms with Crippen LogP contribution >= 0.6 is 0 Å². The molecule has 0 spiro atoms. The Morgan fingerprint density at radius 1 is 1.00 bits per heavy atom. The molecule has 0 radical (unpaired) electrons. The second-order valence-electron chi connectivity index (χ2n) is 8.32. The van der Waals surface area contributed by atoms with E-state index in [1.54, 1.807) is 37.3 Å². The van der Waals surface area contributed by atoms with E-state index in [1.807, 2.05) is 30.3 Å². The number of carbonyl (C=O) groups is 3. The van der Waals surface area contributed by atoms with Crippen molar-refractivity contribution in [1.82, 2.24) is 5.32 Å². The highest BCUT2D eigenvalue weighted by Gasteiger charge is 2.68. The molecule has 0 aliphatic carbocycles. The van der Waals surface area contributed by atoms with Gasteiger partial charge in [0, 0.05) is 17.0 Å². The number of nitrogens with zero attached hydrogens (tertiary/aromatic N) is 1. The number of carboxylic acids is 1. The average Bonchev–Trinajstić information content (AvgIpc) is 3.28. The van der Waals surface area contributed by atoms with Gasteiger partial charge in [0.15, 0.2) is 0 Å². The summed E-state index contributed by atoms with van der Waals surface area (Å²) in [5.41, 5.74) is -0.775. The number of amides is 2. The molecule has 0 aromatic heterocycles. The fourth-order valence-corrected chi connectivity index (χ4v) is 5.33. The van der Waals surface area contributed by atoms with Gasteiger partial charge in [-0.25, -0.2) is 4.90 Å². The van der Waals surface area contributed by atoms with E-state index < -0.39 is 41.2 Å². The van der Waals surface area contributed by atoms with Crippen LogP contribution in [0.5, 0.6) is 5.75 Å². The molecule has 2 aliphatic rings. The van der Waals surface area contributed by atoms with Crippen LogP contribution in [0.1, 0.15) is 24.9 Å². The summed E-state index contributed by atoms with van der Waals surface area (Å²) >= 11 is 0. The van der Waals surface area contributed by atoms with Crippen molar-refractivity contribution >= 4 is 34.2 Å². The number of hydrogen-bond acceptors (Lipinski definition) is 5. The third-order valence-electron chi connectivity index (χ3n) is 6.87. The molecule has 32 heavy (non-hydrogen) atoms. The number of carboxylic acid groups (broad SMARTS) is 1. The minimum Gasteiger partial charge on any atom is -0.508 e. The van der Waals surface area contributed by atoms with Crippen LogP contribution in [-0.2, 0) is 14.4 Å². The molecular weight excluding hydrogens is 408 g/mol. The summed E-state index contributed by atoms with van der Waals surface area (Å²) in [6.45, 7) is 1.68. The number of imide groups is 1. The number of fused-ring (bicyclic) bond motifs is 2. The van der Waals surface area contributed by atoms with Gasteiger partial charge >= 0.3 is 5.97 Å². The van der Waals surface area contributed by atoms with E-state index in [1.165, 1.54) is 6.07 Å². The summed E-state index contributed by atoms with van der Waals surface area (Å²) in [4.78, 5) is 41.1. The maximum absolute atomic E-state index is 13.8. The summed E-state index contributed by atoms with van der Waals surface area (Å²) in [5.74, 6) is -4.29. The maximum Gasteiger partial charge on any atom is 0.324 e. The van der Waals surface area contributed by atoms with E-state index in [4.69, 9.17) is 0 Å². The van der Waals surface area contributed by atoms with E-state index in [9.17, 15) is 24.6 Å². The fraction of sp³-hybridized carbons (Fsp3) is 0.240. The van der Waals surface area contributed by atoms with Crippen LogP contribution in [-0.4, -0.2) is 33.5 Å². The highest BCUT2D eigenvalue weighted by molar-refractivity contribution is 6.26. The molecule has 2 aliphatic heterocycles. The molecule has 0 unspecified atom stereocenters. The lowest BCUT2D eigenvalue weighted by molar-refractivity contribution is -0.149. The number of hydrogen-bond donors (Lipinski definition) is 3. The summed E-state index contributed by atoms with van der Waals surface area (Å²) in [7, 11) is 0. The number of rotatable bonds is 4. The van der Waals surface area contributed by atoms with Gasteiger partial charge in [0.1, 0.15) is 11.3 Å². The molecule has 3 aromatic rings. The van der Waals surface area contributed by atoms with Gasteiger partial charge in [-0.1, -0.05) is 61.5 Å². The van der Waals surface area contributed by atoms with Crippen molar-refractivity contribution in [1.29, 1.82) is 0 Å². The van der Waals surface area contributed by atoms with E-state index in [0.29, 0.717) is 11.3 Å². The first-order valence-electron chi connectivity index (χ1n) is 10.5. The summed E-state index contributed by atoms with van der Waals surface area (Å²) in [5, 5.41) is 25.3. The molecule has 7 heteroatoms. The Bertz CT molecular complexity index is 1270. The molecule has 2 fully saturated rings. The molecule has 2 heterocycles. The van der Waals surface area contributed by atoms with Gasteiger partial charge in [-0.05, 0) is 23.9 Å².